The molecule has 0 amide bonds. The second kappa shape index (κ2) is 9.75. The highest BCUT2D eigenvalue weighted by molar-refractivity contribution is 7.51. The third-order valence-electron chi connectivity index (χ3n) is 5.95. The zero-order valence-electron chi connectivity index (χ0n) is 19.0. The molecule has 0 radical (unpaired) electrons. The topological polar surface area (TPSA) is 62.6 Å². The van der Waals surface area contributed by atoms with Gasteiger partial charge in [0.25, 0.3) is 0 Å². The average molecular weight is 421 g/mol. The van der Waals surface area contributed by atoms with Gasteiger partial charge >= 0.3 is 7.75 Å². The van der Waals surface area contributed by atoms with E-state index in [0.717, 1.165) is 18.4 Å². The van der Waals surface area contributed by atoms with Crippen LogP contribution < -0.4 is 0 Å². The van der Waals surface area contributed by atoms with E-state index >= 15 is 0 Å². The molecule has 0 saturated heterocycles. The molecule has 1 aliphatic rings. The predicted molar refractivity (Wildman–Crippen MR) is 117 cm³/mol. The summed E-state index contributed by atoms with van der Waals surface area (Å²) in [6.07, 6.45) is 3.12. The van der Waals surface area contributed by atoms with Crippen LogP contribution in [-0.2, 0) is 20.2 Å². The Morgan fingerprint density at radius 3 is 2.34 bits per heavy atom. The van der Waals surface area contributed by atoms with Gasteiger partial charge in [-0.25, -0.2) is 4.57 Å². The molecule has 2 rings (SSSR count). The average Bonchev–Trinajstić information content (AvgIpc) is 2.65. The second-order valence-electron chi connectivity index (χ2n) is 9.66. The first-order valence-corrected chi connectivity index (χ1v) is 12.1. The summed E-state index contributed by atoms with van der Waals surface area (Å²) in [6.45, 7) is 13.2. The molecule has 6 heteroatoms. The Bertz CT molecular complexity index is 749. The minimum absolute atomic E-state index is 0.0738. The van der Waals surface area contributed by atoms with Crippen LogP contribution in [-0.4, -0.2) is 23.4 Å². The molecule has 1 aromatic carbocycles. The van der Waals surface area contributed by atoms with E-state index in [0.29, 0.717) is 29.9 Å². The lowest BCUT2D eigenvalue weighted by Gasteiger charge is -2.43. The maximum atomic E-state index is 14.0. The molecule has 0 aromatic heterocycles. The molecule has 1 fully saturated rings. The Balaban J connectivity index is 2.32. The molecule has 1 aliphatic carbocycles. The summed E-state index contributed by atoms with van der Waals surface area (Å²) in [5.74, 6) is 1.41. The lowest BCUT2D eigenvalue weighted by Crippen LogP contribution is -2.42. The Labute approximate surface area is 177 Å². The van der Waals surface area contributed by atoms with Crippen molar-refractivity contribution in [3.63, 3.8) is 0 Å². The quantitative estimate of drug-likeness (QED) is 0.478. The number of hydrogen-bond acceptors (Lipinski definition) is 4. The first-order valence-electron chi connectivity index (χ1n) is 10.6. The Morgan fingerprint density at radius 1 is 1.24 bits per heavy atom. The van der Waals surface area contributed by atoms with Crippen LogP contribution in [0.2, 0.25) is 0 Å². The molecule has 162 valence electrons. The van der Waals surface area contributed by atoms with Crippen molar-refractivity contribution in [2.75, 3.05) is 7.11 Å². The van der Waals surface area contributed by atoms with E-state index in [9.17, 15) is 4.57 Å². The van der Waals surface area contributed by atoms with Gasteiger partial charge in [-0.2, -0.15) is 9.93 Å². The fraction of sp³-hybridized carbons (Fsp3) is 0.696. The number of nitrogens with zero attached hydrogens (tertiary/aromatic N) is 2. The molecule has 0 spiro atoms. The number of benzene rings is 1. The Hall–Kier alpha value is -1.18. The standard InChI is InChI=1S/C23H37N2O3P/c1-17(2)21-13-8-18(3)14-22(21)28-29(26,27-7)25(23(4,5)6)16-20-11-9-19(15-24)10-12-20/h9-12,17-18,21-22H,8,13-14,16H2,1-7H3/t18-,21+,22-,29?/m1/s1. The number of nitriles is 1. The lowest BCUT2D eigenvalue weighted by atomic mass is 9.75. The molecule has 1 aromatic rings. The molecule has 0 bridgehead atoms. The van der Waals surface area contributed by atoms with Gasteiger partial charge in [0.15, 0.2) is 0 Å². The molecular weight excluding hydrogens is 383 g/mol. The monoisotopic (exact) mass is 420 g/mol. The van der Waals surface area contributed by atoms with E-state index in [-0.39, 0.29) is 6.10 Å². The van der Waals surface area contributed by atoms with Crippen molar-refractivity contribution in [3.05, 3.63) is 35.4 Å². The van der Waals surface area contributed by atoms with Gasteiger partial charge in [0, 0.05) is 19.2 Å². The van der Waals surface area contributed by atoms with Gasteiger partial charge in [0.1, 0.15) is 0 Å². The van der Waals surface area contributed by atoms with Crippen molar-refractivity contribution in [2.24, 2.45) is 17.8 Å². The molecule has 1 saturated carbocycles. The Morgan fingerprint density at radius 2 is 1.86 bits per heavy atom. The van der Waals surface area contributed by atoms with Crippen molar-refractivity contribution in [1.82, 2.24) is 4.67 Å². The van der Waals surface area contributed by atoms with Crippen molar-refractivity contribution < 1.29 is 13.6 Å². The van der Waals surface area contributed by atoms with E-state index in [4.69, 9.17) is 14.3 Å². The van der Waals surface area contributed by atoms with Crippen LogP contribution in [0, 0.1) is 29.1 Å². The van der Waals surface area contributed by atoms with Crippen molar-refractivity contribution >= 4 is 7.75 Å². The predicted octanol–water partition coefficient (Wildman–Crippen LogP) is 6.39. The van der Waals surface area contributed by atoms with Gasteiger partial charge in [0.2, 0.25) is 0 Å². The maximum absolute atomic E-state index is 14.0. The van der Waals surface area contributed by atoms with Gasteiger partial charge < -0.3 is 0 Å². The van der Waals surface area contributed by atoms with Gasteiger partial charge in [-0.15, -0.1) is 0 Å². The van der Waals surface area contributed by atoms with Crippen molar-refractivity contribution in [1.29, 1.82) is 5.26 Å². The fourth-order valence-corrected chi connectivity index (χ4v) is 6.21. The molecular formula is C23H37N2O3P. The third-order valence-corrected chi connectivity index (χ3v) is 8.28. The highest BCUT2D eigenvalue weighted by Gasteiger charge is 2.44. The van der Waals surface area contributed by atoms with E-state index in [1.54, 1.807) is 12.1 Å². The van der Waals surface area contributed by atoms with Gasteiger partial charge in [0.05, 0.1) is 17.7 Å². The number of rotatable bonds is 7. The van der Waals surface area contributed by atoms with E-state index < -0.39 is 13.3 Å². The van der Waals surface area contributed by atoms with Crippen molar-refractivity contribution in [3.8, 4) is 6.07 Å². The summed E-state index contributed by atoms with van der Waals surface area (Å²) in [6, 6.07) is 9.50. The molecule has 0 heterocycles. The smallest absolute Gasteiger partial charge is 0.300 e. The molecule has 4 atom stereocenters. The van der Waals surface area contributed by atoms with Gasteiger partial charge in [-0.3, -0.25) is 9.05 Å². The van der Waals surface area contributed by atoms with Crippen LogP contribution in [0.25, 0.3) is 0 Å². The van der Waals surface area contributed by atoms with Crippen LogP contribution in [0.15, 0.2) is 24.3 Å². The van der Waals surface area contributed by atoms with Crippen LogP contribution in [0.4, 0.5) is 0 Å². The summed E-state index contributed by atoms with van der Waals surface area (Å²) < 4.78 is 27.9. The second-order valence-corrected chi connectivity index (χ2v) is 11.7. The van der Waals surface area contributed by atoms with Gasteiger partial charge in [-0.1, -0.05) is 39.3 Å². The highest BCUT2D eigenvalue weighted by Crippen LogP contribution is 2.58. The molecule has 1 unspecified atom stereocenters. The van der Waals surface area contributed by atoms with Crippen LogP contribution in [0.3, 0.4) is 0 Å². The summed E-state index contributed by atoms with van der Waals surface area (Å²) >= 11 is 0. The van der Waals surface area contributed by atoms with Crippen LogP contribution in [0.1, 0.15) is 71.9 Å². The van der Waals surface area contributed by atoms with Crippen LogP contribution >= 0.6 is 7.75 Å². The molecule has 0 N–H and O–H groups in total. The van der Waals surface area contributed by atoms with E-state index in [2.05, 4.69) is 26.8 Å². The van der Waals surface area contributed by atoms with E-state index in [1.165, 1.54) is 13.5 Å². The molecule has 29 heavy (non-hydrogen) atoms. The normalized spacial score (nSPS) is 25.0. The zero-order valence-corrected chi connectivity index (χ0v) is 19.9. The summed E-state index contributed by atoms with van der Waals surface area (Å²) in [5.41, 5.74) is 1.16. The summed E-state index contributed by atoms with van der Waals surface area (Å²) in [7, 11) is -2.04. The third kappa shape index (κ3) is 6.15. The first kappa shape index (κ1) is 24.1. The Kier molecular flexibility index (Phi) is 8.10. The summed E-state index contributed by atoms with van der Waals surface area (Å²) in [5, 5.41) is 9.04. The minimum Gasteiger partial charge on any atom is -0.300 e. The minimum atomic E-state index is -3.52. The first-order chi connectivity index (χ1) is 13.5. The molecule has 0 aliphatic heterocycles. The lowest BCUT2D eigenvalue weighted by molar-refractivity contribution is 0.0137. The maximum Gasteiger partial charge on any atom is 0.408 e. The molecule has 5 nitrogen and oxygen atoms in total. The largest absolute Gasteiger partial charge is 0.408 e. The number of hydrogen-bond donors (Lipinski definition) is 0. The van der Waals surface area contributed by atoms with Gasteiger partial charge in [-0.05, 0) is 69.1 Å². The zero-order chi connectivity index (χ0) is 21.8. The van der Waals surface area contributed by atoms with Crippen molar-refractivity contribution in [2.45, 2.75) is 79.0 Å². The van der Waals surface area contributed by atoms with E-state index in [1.807, 2.05) is 37.6 Å². The summed E-state index contributed by atoms with van der Waals surface area (Å²) in [4.78, 5) is 0. The fourth-order valence-electron chi connectivity index (χ4n) is 4.15. The highest BCUT2D eigenvalue weighted by atomic mass is 31.2. The van der Waals surface area contributed by atoms with Crippen LogP contribution in [0.5, 0.6) is 0 Å². The SMILES string of the molecule is COP(=O)(O[C@@H]1C[C@H](C)CC[C@H]1C(C)C)N(Cc1ccc(C#N)cc1)C(C)(C)C.